The number of amides is 1. The van der Waals surface area contributed by atoms with E-state index in [-0.39, 0.29) is 11.7 Å². The summed E-state index contributed by atoms with van der Waals surface area (Å²) in [4.78, 5) is 11.2. The molecule has 0 aliphatic rings. The van der Waals surface area contributed by atoms with Crippen LogP contribution in [0.3, 0.4) is 0 Å². The van der Waals surface area contributed by atoms with Crippen molar-refractivity contribution in [2.24, 2.45) is 0 Å². The molecule has 2 N–H and O–H groups in total. The van der Waals surface area contributed by atoms with Gasteiger partial charge in [0.15, 0.2) is 0 Å². The van der Waals surface area contributed by atoms with Gasteiger partial charge < -0.3 is 10.4 Å². The zero-order valence-electron chi connectivity index (χ0n) is 10.9. The van der Waals surface area contributed by atoms with Crippen molar-refractivity contribution in [3.05, 3.63) is 54.1 Å². The van der Waals surface area contributed by atoms with Crippen molar-refractivity contribution in [2.45, 2.75) is 19.9 Å². The van der Waals surface area contributed by atoms with Crippen LogP contribution in [0.15, 0.2) is 48.5 Å². The number of rotatable bonds is 4. The fourth-order valence-corrected chi connectivity index (χ4v) is 1.85. The van der Waals surface area contributed by atoms with Gasteiger partial charge in [-0.05, 0) is 17.2 Å². The van der Waals surface area contributed by atoms with Crippen LogP contribution in [0.25, 0.3) is 11.1 Å². The van der Waals surface area contributed by atoms with Gasteiger partial charge in [0.25, 0.3) is 0 Å². The molecule has 0 bridgehead atoms. The van der Waals surface area contributed by atoms with Crippen LogP contribution in [0.5, 0.6) is 5.75 Å². The highest BCUT2D eigenvalue weighted by Gasteiger charge is 2.03. The van der Waals surface area contributed by atoms with E-state index < -0.39 is 0 Å². The molecule has 1 amide bonds. The summed E-state index contributed by atoms with van der Waals surface area (Å²) in [7, 11) is 0. The lowest BCUT2D eigenvalue weighted by Crippen LogP contribution is -2.21. The molecular formula is C16H17NO2. The third-order valence-electron chi connectivity index (χ3n) is 2.98. The number of benzene rings is 2. The van der Waals surface area contributed by atoms with E-state index in [0.29, 0.717) is 13.0 Å². The van der Waals surface area contributed by atoms with Gasteiger partial charge in [-0.1, -0.05) is 49.4 Å². The summed E-state index contributed by atoms with van der Waals surface area (Å²) in [5.74, 6) is 0.319. The molecule has 19 heavy (non-hydrogen) atoms. The van der Waals surface area contributed by atoms with Crippen LogP contribution in [-0.2, 0) is 11.3 Å². The first-order valence-corrected chi connectivity index (χ1v) is 6.34. The summed E-state index contributed by atoms with van der Waals surface area (Å²) in [6, 6.07) is 15.0. The predicted octanol–water partition coefficient (Wildman–Crippen LogP) is 3.09. The van der Waals surface area contributed by atoms with Crippen molar-refractivity contribution in [3.8, 4) is 16.9 Å². The molecule has 0 aliphatic carbocycles. The second-order valence-corrected chi connectivity index (χ2v) is 4.34. The Balaban J connectivity index is 2.11. The number of phenols is 1. The Morgan fingerprint density at radius 2 is 1.79 bits per heavy atom. The Hall–Kier alpha value is -2.29. The molecule has 3 nitrogen and oxygen atoms in total. The van der Waals surface area contributed by atoms with Gasteiger partial charge in [-0.15, -0.1) is 0 Å². The lowest BCUT2D eigenvalue weighted by atomic mass is 10.0. The van der Waals surface area contributed by atoms with Crippen LogP contribution < -0.4 is 5.32 Å². The van der Waals surface area contributed by atoms with Crippen molar-refractivity contribution in [1.29, 1.82) is 0 Å². The van der Waals surface area contributed by atoms with Gasteiger partial charge >= 0.3 is 0 Å². The average molecular weight is 255 g/mol. The largest absolute Gasteiger partial charge is 0.507 e. The van der Waals surface area contributed by atoms with Gasteiger partial charge in [-0.25, -0.2) is 0 Å². The zero-order chi connectivity index (χ0) is 13.7. The summed E-state index contributed by atoms with van der Waals surface area (Å²) in [6.07, 6.45) is 0.496. The topological polar surface area (TPSA) is 49.3 Å². The van der Waals surface area contributed by atoms with E-state index in [1.807, 2.05) is 43.3 Å². The number of carbonyl (C=O) groups excluding carboxylic acids is 1. The lowest BCUT2D eigenvalue weighted by molar-refractivity contribution is -0.120. The molecule has 0 aromatic heterocycles. The molecule has 2 aromatic carbocycles. The van der Waals surface area contributed by atoms with E-state index in [4.69, 9.17) is 0 Å². The first kappa shape index (κ1) is 13.1. The van der Waals surface area contributed by atoms with Crippen LogP contribution >= 0.6 is 0 Å². The Kier molecular flexibility index (Phi) is 4.18. The summed E-state index contributed by atoms with van der Waals surface area (Å²) >= 11 is 0. The van der Waals surface area contributed by atoms with E-state index in [1.165, 1.54) is 0 Å². The molecule has 2 aromatic rings. The van der Waals surface area contributed by atoms with E-state index >= 15 is 0 Å². The molecule has 0 spiro atoms. The second kappa shape index (κ2) is 6.05. The van der Waals surface area contributed by atoms with Crippen LogP contribution in [0.4, 0.5) is 0 Å². The molecule has 0 fully saturated rings. The molecular weight excluding hydrogens is 238 g/mol. The Morgan fingerprint density at radius 1 is 1.11 bits per heavy atom. The van der Waals surface area contributed by atoms with E-state index in [2.05, 4.69) is 5.32 Å². The fourth-order valence-electron chi connectivity index (χ4n) is 1.85. The summed E-state index contributed by atoms with van der Waals surface area (Å²) in [5, 5.41) is 12.6. The number of nitrogens with one attached hydrogen (secondary N) is 1. The maximum absolute atomic E-state index is 11.2. The highest BCUT2D eigenvalue weighted by atomic mass is 16.3. The number of carbonyl (C=O) groups is 1. The van der Waals surface area contributed by atoms with Gasteiger partial charge in [-0.3, -0.25) is 4.79 Å². The van der Waals surface area contributed by atoms with Crippen LogP contribution in [0.2, 0.25) is 0 Å². The van der Waals surface area contributed by atoms with Gasteiger partial charge in [-0.2, -0.15) is 0 Å². The minimum atomic E-state index is 0.0461. The summed E-state index contributed by atoms with van der Waals surface area (Å²) < 4.78 is 0. The molecule has 0 aliphatic heterocycles. The fraction of sp³-hybridized carbons (Fsp3) is 0.188. The molecule has 0 atom stereocenters. The monoisotopic (exact) mass is 255 g/mol. The normalized spacial score (nSPS) is 10.2. The van der Waals surface area contributed by atoms with Gasteiger partial charge in [0.05, 0.1) is 0 Å². The molecule has 0 unspecified atom stereocenters. The Morgan fingerprint density at radius 3 is 2.42 bits per heavy atom. The molecule has 98 valence electrons. The first-order valence-electron chi connectivity index (χ1n) is 6.34. The maximum atomic E-state index is 11.2. The van der Waals surface area contributed by atoms with Crippen molar-refractivity contribution in [3.63, 3.8) is 0 Å². The second-order valence-electron chi connectivity index (χ2n) is 4.34. The first-order chi connectivity index (χ1) is 9.20. The van der Waals surface area contributed by atoms with Crippen molar-refractivity contribution >= 4 is 5.91 Å². The van der Waals surface area contributed by atoms with Crippen molar-refractivity contribution in [1.82, 2.24) is 5.32 Å². The van der Waals surface area contributed by atoms with Crippen LogP contribution in [-0.4, -0.2) is 11.0 Å². The summed E-state index contributed by atoms with van der Waals surface area (Å²) in [5.41, 5.74) is 2.82. The molecule has 2 rings (SSSR count). The Labute approximate surface area is 112 Å². The summed E-state index contributed by atoms with van der Waals surface area (Å²) in [6.45, 7) is 2.37. The third-order valence-corrected chi connectivity index (χ3v) is 2.98. The number of aromatic hydroxyl groups is 1. The highest BCUT2D eigenvalue weighted by Crippen LogP contribution is 2.28. The van der Waals surface area contributed by atoms with Gasteiger partial charge in [0, 0.05) is 18.5 Å². The van der Waals surface area contributed by atoms with Gasteiger partial charge in [0.1, 0.15) is 5.75 Å². The van der Waals surface area contributed by atoms with Crippen molar-refractivity contribution < 1.29 is 9.90 Å². The van der Waals surface area contributed by atoms with Crippen LogP contribution in [0.1, 0.15) is 18.9 Å². The van der Waals surface area contributed by atoms with E-state index in [1.54, 1.807) is 12.1 Å². The number of hydrogen-bond acceptors (Lipinski definition) is 2. The number of phenolic OH excluding ortho intramolecular Hbond substituents is 1. The molecule has 0 saturated heterocycles. The smallest absolute Gasteiger partial charge is 0.219 e. The average Bonchev–Trinajstić information content (AvgIpc) is 2.46. The van der Waals surface area contributed by atoms with Gasteiger partial charge in [0.2, 0.25) is 5.91 Å². The predicted molar refractivity (Wildman–Crippen MR) is 75.7 cm³/mol. The number of para-hydroxylation sites is 1. The molecule has 3 heteroatoms. The standard InChI is InChI=1S/C16H17NO2/c1-2-16(19)17-11-12-7-9-13(10-8-12)14-5-3-4-6-15(14)18/h3-10,18H,2,11H2,1H3,(H,17,19). The van der Waals surface area contributed by atoms with Crippen molar-refractivity contribution in [2.75, 3.05) is 0 Å². The molecule has 0 saturated carbocycles. The highest BCUT2D eigenvalue weighted by molar-refractivity contribution is 5.75. The van der Waals surface area contributed by atoms with Crippen LogP contribution in [0, 0.1) is 0 Å². The number of hydrogen-bond donors (Lipinski definition) is 2. The minimum Gasteiger partial charge on any atom is -0.507 e. The van der Waals surface area contributed by atoms with E-state index in [9.17, 15) is 9.90 Å². The quantitative estimate of drug-likeness (QED) is 0.882. The Bertz CT molecular complexity index is 561. The molecule has 0 heterocycles. The maximum Gasteiger partial charge on any atom is 0.219 e. The third kappa shape index (κ3) is 3.35. The SMILES string of the molecule is CCC(=O)NCc1ccc(-c2ccccc2O)cc1. The van der Waals surface area contributed by atoms with E-state index in [0.717, 1.165) is 16.7 Å². The molecule has 0 radical (unpaired) electrons. The minimum absolute atomic E-state index is 0.0461. The lowest BCUT2D eigenvalue weighted by Gasteiger charge is -2.07. The zero-order valence-corrected chi connectivity index (χ0v) is 10.9.